The van der Waals surface area contributed by atoms with Crippen molar-refractivity contribution in [2.24, 2.45) is 11.8 Å². The minimum atomic E-state index is -0.806. The minimum Gasteiger partial charge on any atom is -0.465 e. The maximum Gasteiger partial charge on any atom is 0.348 e. The normalized spacial score (nSPS) is 14.4. The van der Waals surface area contributed by atoms with Crippen LogP contribution in [0.1, 0.15) is 0 Å². The third kappa shape index (κ3) is 6.00. The number of carbonyl (C=O) groups excluding carboxylic acids is 2. The molecule has 28 heavy (non-hydrogen) atoms. The standard InChI is InChI=1S/C24H16O4/c1-27-23(25)21(17-9-7-15-19-11-3-4-12-19)22(24(26)28-2)18-10-8-16-20-13-5-6-14-20/h3-6,11-14,19-20H,1-2H3/b22-21-. The highest BCUT2D eigenvalue weighted by atomic mass is 16.5. The van der Waals surface area contributed by atoms with Crippen molar-refractivity contribution in [3.63, 3.8) is 0 Å². The predicted molar refractivity (Wildman–Crippen MR) is 106 cm³/mol. The average Bonchev–Trinajstić information content (AvgIpc) is 3.42. The molecule has 0 saturated heterocycles. The molecule has 2 aliphatic carbocycles. The van der Waals surface area contributed by atoms with Gasteiger partial charge in [-0.1, -0.05) is 60.4 Å². The summed E-state index contributed by atoms with van der Waals surface area (Å²) in [6.45, 7) is 0. The molecule has 0 aromatic rings. The molecule has 4 heteroatoms. The Kier molecular flexibility index (Phi) is 7.77. The number of hydrogen-bond donors (Lipinski definition) is 0. The van der Waals surface area contributed by atoms with Crippen molar-refractivity contribution in [1.82, 2.24) is 0 Å². The number of allylic oxidation sites excluding steroid dienone is 8. The molecule has 0 bridgehead atoms. The molecular formula is C24H16O4. The number of methoxy groups -OCH3 is 2. The molecular weight excluding hydrogens is 352 g/mol. The molecule has 0 fully saturated rings. The molecule has 0 atom stereocenters. The highest BCUT2D eigenvalue weighted by molar-refractivity contribution is 6.06. The summed E-state index contributed by atoms with van der Waals surface area (Å²) >= 11 is 0. The first-order chi connectivity index (χ1) is 13.7. The zero-order valence-corrected chi connectivity index (χ0v) is 15.4. The first kappa shape index (κ1) is 20.2. The van der Waals surface area contributed by atoms with E-state index in [1.54, 1.807) is 0 Å². The summed E-state index contributed by atoms with van der Waals surface area (Å²) in [6, 6.07) is 0. The second kappa shape index (κ2) is 10.8. The predicted octanol–water partition coefficient (Wildman–Crippen LogP) is 2.13. The van der Waals surface area contributed by atoms with Gasteiger partial charge in [0.1, 0.15) is 11.1 Å². The van der Waals surface area contributed by atoms with Crippen LogP contribution in [0.15, 0.2) is 59.8 Å². The van der Waals surface area contributed by atoms with Gasteiger partial charge < -0.3 is 9.47 Å². The lowest BCUT2D eigenvalue weighted by Gasteiger charge is -2.02. The fraction of sp³-hybridized carbons (Fsp3) is 0.167. The number of ether oxygens (including phenoxy) is 2. The van der Waals surface area contributed by atoms with Gasteiger partial charge in [0.15, 0.2) is 0 Å². The van der Waals surface area contributed by atoms with Crippen LogP contribution in [-0.2, 0) is 19.1 Å². The van der Waals surface area contributed by atoms with Gasteiger partial charge in [-0.3, -0.25) is 0 Å². The zero-order chi connectivity index (χ0) is 20.2. The van der Waals surface area contributed by atoms with E-state index in [-0.39, 0.29) is 23.0 Å². The molecule has 0 saturated carbocycles. The summed E-state index contributed by atoms with van der Waals surface area (Å²) in [5.41, 5.74) is -0.452. The molecule has 4 nitrogen and oxygen atoms in total. The van der Waals surface area contributed by atoms with E-state index in [1.807, 2.05) is 48.6 Å². The van der Waals surface area contributed by atoms with E-state index in [0.29, 0.717) is 0 Å². The Morgan fingerprint density at radius 2 is 1.00 bits per heavy atom. The Bertz CT molecular complexity index is 939. The molecule has 0 aromatic heterocycles. The number of esters is 2. The average molecular weight is 368 g/mol. The summed E-state index contributed by atoms with van der Waals surface area (Å²) < 4.78 is 9.41. The molecule has 2 rings (SSSR count). The molecule has 0 spiro atoms. The topological polar surface area (TPSA) is 52.6 Å². The van der Waals surface area contributed by atoms with Crippen molar-refractivity contribution in [2.45, 2.75) is 0 Å². The van der Waals surface area contributed by atoms with Gasteiger partial charge in [0.2, 0.25) is 0 Å². The lowest BCUT2D eigenvalue weighted by atomic mass is 10.1. The van der Waals surface area contributed by atoms with Gasteiger partial charge in [-0.25, -0.2) is 9.59 Å². The highest BCUT2D eigenvalue weighted by Crippen LogP contribution is 2.09. The van der Waals surface area contributed by atoms with E-state index in [1.165, 1.54) is 14.2 Å². The molecule has 0 radical (unpaired) electrons. The molecule has 0 N–H and O–H groups in total. The summed E-state index contributed by atoms with van der Waals surface area (Å²) in [5.74, 6) is 19.7. The quantitative estimate of drug-likeness (QED) is 0.426. The maximum atomic E-state index is 12.1. The van der Waals surface area contributed by atoms with Crippen molar-refractivity contribution >= 4 is 11.9 Å². The van der Waals surface area contributed by atoms with Gasteiger partial charge in [0.25, 0.3) is 0 Å². The van der Waals surface area contributed by atoms with Crippen LogP contribution in [0.3, 0.4) is 0 Å². The highest BCUT2D eigenvalue weighted by Gasteiger charge is 2.19. The second-order valence-electron chi connectivity index (χ2n) is 5.36. The largest absolute Gasteiger partial charge is 0.465 e. The lowest BCUT2D eigenvalue weighted by Crippen LogP contribution is -2.13. The Labute approximate surface area is 164 Å². The molecule has 136 valence electrons. The maximum absolute atomic E-state index is 12.1. The monoisotopic (exact) mass is 368 g/mol. The number of rotatable bonds is 2. The van der Waals surface area contributed by atoms with Crippen molar-refractivity contribution in [2.75, 3.05) is 14.2 Å². The molecule has 0 unspecified atom stereocenters. The summed E-state index contributed by atoms with van der Waals surface area (Å²) in [6.07, 6.45) is 15.2. The van der Waals surface area contributed by atoms with Crippen LogP contribution < -0.4 is 0 Å². The van der Waals surface area contributed by atoms with E-state index in [2.05, 4.69) is 47.4 Å². The first-order valence-electron chi connectivity index (χ1n) is 8.29. The number of hydrogen-bond acceptors (Lipinski definition) is 4. The molecule has 0 amide bonds. The van der Waals surface area contributed by atoms with Crippen LogP contribution in [0.4, 0.5) is 0 Å². The first-order valence-corrected chi connectivity index (χ1v) is 8.29. The molecule has 2 aliphatic rings. The molecule has 0 heterocycles. The fourth-order valence-corrected chi connectivity index (χ4v) is 2.12. The van der Waals surface area contributed by atoms with Gasteiger partial charge in [-0.15, -0.1) is 0 Å². The van der Waals surface area contributed by atoms with Gasteiger partial charge in [0.05, 0.1) is 26.1 Å². The van der Waals surface area contributed by atoms with Crippen molar-refractivity contribution < 1.29 is 19.1 Å². The van der Waals surface area contributed by atoms with E-state index in [0.717, 1.165) is 0 Å². The van der Waals surface area contributed by atoms with Crippen LogP contribution in [0.25, 0.3) is 0 Å². The van der Waals surface area contributed by atoms with Crippen molar-refractivity contribution in [3.05, 3.63) is 59.8 Å². The summed E-state index contributed by atoms with van der Waals surface area (Å²) in [4.78, 5) is 24.2. The third-order valence-corrected chi connectivity index (χ3v) is 3.50. The number of carbonyl (C=O) groups is 2. The van der Waals surface area contributed by atoms with Crippen LogP contribution in [0, 0.1) is 59.2 Å². The van der Waals surface area contributed by atoms with E-state index < -0.39 is 11.9 Å². The van der Waals surface area contributed by atoms with Crippen molar-refractivity contribution in [1.29, 1.82) is 0 Å². The fourth-order valence-electron chi connectivity index (χ4n) is 2.12. The minimum absolute atomic E-state index is 0.0197. The van der Waals surface area contributed by atoms with E-state index >= 15 is 0 Å². The van der Waals surface area contributed by atoms with Gasteiger partial charge >= 0.3 is 11.9 Å². The van der Waals surface area contributed by atoms with E-state index in [9.17, 15) is 9.59 Å². The Morgan fingerprint density at radius 1 is 0.643 bits per heavy atom. The Hall–Kier alpha value is -4.12. The van der Waals surface area contributed by atoms with Crippen molar-refractivity contribution in [3.8, 4) is 47.4 Å². The summed E-state index contributed by atoms with van der Waals surface area (Å²) in [7, 11) is 2.37. The Morgan fingerprint density at radius 3 is 1.32 bits per heavy atom. The second-order valence-corrected chi connectivity index (χ2v) is 5.36. The molecule has 0 aromatic carbocycles. The van der Waals surface area contributed by atoms with Gasteiger partial charge in [0, 0.05) is 0 Å². The van der Waals surface area contributed by atoms with Crippen LogP contribution >= 0.6 is 0 Å². The lowest BCUT2D eigenvalue weighted by molar-refractivity contribution is -0.138. The van der Waals surface area contributed by atoms with Gasteiger partial charge in [-0.05, 0) is 35.5 Å². The van der Waals surface area contributed by atoms with Crippen LogP contribution in [0.2, 0.25) is 0 Å². The summed E-state index contributed by atoms with van der Waals surface area (Å²) in [5, 5.41) is 0. The third-order valence-electron chi connectivity index (χ3n) is 3.50. The molecule has 0 aliphatic heterocycles. The Balaban J connectivity index is 2.36. The smallest absolute Gasteiger partial charge is 0.348 e. The van der Waals surface area contributed by atoms with E-state index in [4.69, 9.17) is 9.47 Å². The van der Waals surface area contributed by atoms with Crippen LogP contribution in [-0.4, -0.2) is 26.2 Å². The zero-order valence-electron chi connectivity index (χ0n) is 15.4. The van der Waals surface area contributed by atoms with Crippen LogP contribution in [0.5, 0.6) is 0 Å². The van der Waals surface area contributed by atoms with Gasteiger partial charge in [-0.2, -0.15) is 0 Å². The SMILES string of the molecule is COC(=O)/C(C#CC#CC1C=CC=C1)=C(/C#CC#CC1C=CC=C1)C(=O)OC.